The zero-order valence-corrected chi connectivity index (χ0v) is 12.4. The van der Waals surface area contributed by atoms with Gasteiger partial charge in [-0.25, -0.2) is 5.06 Å². The van der Waals surface area contributed by atoms with Crippen LogP contribution in [0.25, 0.3) is 0 Å². The van der Waals surface area contributed by atoms with E-state index in [1.165, 1.54) is 12.3 Å². The fourth-order valence-electron chi connectivity index (χ4n) is 1.98. The molecule has 117 valence electrons. The summed E-state index contributed by atoms with van der Waals surface area (Å²) in [4.78, 5) is 21.9. The van der Waals surface area contributed by atoms with Crippen molar-refractivity contribution < 1.29 is 32.0 Å². The van der Waals surface area contributed by atoms with E-state index in [2.05, 4.69) is 0 Å². The van der Waals surface area contributed by atoms with E-state index in [-0.39, 0.29) is 28.4 Å². The van der Waals surface area contributed by atoms with Gasteiger partial charge in [-0.2, -0.15) is 0 Å². The second kappa shape index (κ2) is 8.29. The summed E-state index contributed by atoms with van der Waals surface area (Å²) in [5.41, 5.74) is 0.862. The number of benzene rings is 1. The SMILES string of the molecule is O=C1C=CC=C/C1=C/N(O)C(C[N+](=O)[O-])c1ccccc1.[Cu+2]. The first-order valence-corrected chi connectivity index (χ1v) is 6.33. The predicted molar refractivity (Wildman–Crippen MR) is 76.0 cm³/mol. The monoisotopic (exact) mass is 349 g/mol. The third-order valence-corrected chi connectivity index (χ3v) is 3.02. The number of carbonyl (C=O) groups excluding carboxylic acids is 1. The van der Waals surface area contributed by atoms with Crippen molar-refractivity contribution in [3.63, 3.8) is 0 Å². The van der Waals surface area contributed by atoms with Gasteiger partial charge < -0.3 is 0 Å². The van der Waals surface area contributed by atoms with E-state index in [1.54, 1.807) is 48.6 Å². The Morgan fingerprint density at radius 1 is 1.23 bits per heavy atom. The van der Waals surface area contributed by atoms with Crippen molar-refractivity contribution >= 4 is 5.78 Å². The molecule has 6 nitrogen and oxygen atoms in total. The number of rotatable bonds is 5. The molecule has 0 fully saturated rings. The number of allylic oxidation sites excluding steroid dienone is 5. The van der Waals surface area contributed by atoms with Crippen molar-refractivity contribution in [1.29, 1.82) is 0 Å². The van der Waals surface area contributed by atoms with E-state index in [4.69, 9.17) is 0 Å². The molecule has 0 bridgehead atoms. The van der Waals surface area contributed by atoms with Gasteiger partial charge in [0.2, 0.25) is 6.54 Å². The molecule has 1 aromatic carbocycles. The molecule has 1 aliphatic rings. The van der Waals surface area contributed by atoms with Crippen LogP contribution in [0, 0.1) is 10.1 Å². The second-order valence-corrected chi connectivity index (χ2v) is 4.49. The van der Waals surface area contributed by atoms with Gasteiger partial charge in [0.15, 0.2) is 5.78 Å². The van der Waals surface area contributed by atoms with Gasteiger partial charge in [0.05, 0.1) is 0 Å². The Morgan fingerprint density at radius 3 is 2.45 bits per heavy atom. The Kier molecular flexibility index (Phi) is 6.72. The maximum atomic E-state index is 11.6. The second-order valence-electron chi connectivity index (χ2n) is 4.49. The molecule has 0 amide bonds. The van der Waals surface area contributed by atoms with E-state index in [1.807, 2.05) is 0 Å². The number of ketones is 1. The summed E-state index contributed by atoms with van der Waals surface area (Å²) in [6.07, 6.45) is 7.37. The molecule has 1 aromatic rings. The summed E-state index contributed by atoms with van der Waals surface area (Å²) in [5.74, 6) is -0.260. The van der Waals surface area contributed by atoms with Crippen LogP contribution in [0.2, 0.25) is 0 Å². The van der Waals surface area contributed by atoms with E-state index < -0.39 is 17.5 Å². The van der Waals surface area contributed by atoms with Crippen LogP contribution in [-0.2, 0) is 21.9 Å². The number of nitro groups is 1. The molecule has 1 unspecified atom stereocenters. The first-order valence-electron chi connectivity index (χ1n) is 6.33. The normalized spacial score (nSPS) is 16.2. The number of hydroxylamine groups is 2. The first kappa shape index (κ1) is 17.8. The van der Waals surface area contributed by atoms with Gasteiger partial charge in [-0.1, -0.05) is 42.5 Å². The van der Waals surface area contributed by atoms with Crippen molar-refractivity contribution in [2.75, 3.05) is 6.54 Å². The Labute approximate surface area is 138 Å². The molecule has 0 saturated carbocycles. The van der Waals surface area contributed by atoms with Crippen LogP contribution in [-0.4, -0.2) is 27.5 Å². The van der Waals surface area contributed by atoms with Crippen LogP contribution < -0.4 is 0 Å². The van der Waals surface area contributed by atoms with Gasteiger partial charge >= 0.3 is 17.1 Å². The topological polar surface area (TPSA) is 83.7 Å². The van der Waals surface area contributed by atoms with E-state index in [0.717, 1.165) is 5.06 Å². The molecule has 1 aliphatic carbocycles. The molecule has 7 heteroatoms. The van der Waals surface area contributed by atoms with Crippen LogP contribution in [0.5, 0.6) is 0 Å². The van der Waals surface area contributed by atoms with Crippen LogP contribution >= 0.6 is 0 Å². The molecule has 1 radical (unpaired) electrons. The number of carbonyl (C=O) groups is 1. The Bertz CT molecular complexity index is 626. The van der Waals surface area contributed by atoms with Gasteiger partial charge in [0.25, 0.3) is 0 Å². The minimum Gasteiger partial charge on any atom is -0.289 e. The molecule has 1 atom stereocenters. The summed E-state index contributed by atoms with van der Waals surface area (Å²) in [6.45, 7) is -0.474. The molecule has 1 N–H and O–H groups in total. The van der Waals surface area contributed by atoms with Crippen LogP contribution in [0.15, 0.2) is 66.4 Å². The molecule has 0 aliphatic heterocycles. The summed E-state index contributed by atoms with van der Waals surface area (Å²) >= 11 is 0. The summed E-state index contributed by atoms with van der Waals surface area (Å²) in [7, 11) is 0. The average Bonchev–Trinajstić information content (AvgIpc) is 2.48. The third kappa shape index (κ3) is 4.66. The zero-order chi connectivity index (χ0) is 15.2. The molecule has 0 aromatic heterocycles. The fraction of sp³-hybridized carbons (Fsp3) is 0.133. The zero-order valence-electron chi connectivity index (χ0n) is 11.4. The molecule has 0 saturated heterocycles. The summed E-state index contributed by atoms with van der Waals surface area (Å²) < 4.78 is 0. The average molecular weight is 350 g/mol. The molecule has 0 heterocycles. The van der Waals surface area contributed by atoms with Crippen LogP contribution in [0.4, 0.5) is 0 Å². The maximum absolute atomic E-state index is 11.6. The van der Waals surface area contributed by atoms with Gasteiger partial charge in [-0.15, -0.1) is 0 Å². The number of hydrogen-bond acceptors (Lipinski definition) is 5. The molecular formula is C15H14CuN2O4+2. The Hall–Kier alpha value is -2.21. The molecule has 22 heavy (non-hydrogen) atoms. The minimum absolute atomic E-state index is 0. The van der Waals surface area contributed by atoms with E-state index in [9.17, 15) is 20.1 Å². The number of nitrogens with zero attached hydrogens (tertiary/aromatic N) is 2. The number of hydrogen-bond donors (Lipinski definition) is 1. The summed E-state index contributed by atoms with van der Waals surface area (Å²) in [6, 6.07) is 7.77. The van der Waals surface area contributed by atoms with Crippen molar-refractivity contribution in [3.05, 3.63) is 82.1 Å². The Balaban J connectivity index is 0.00000242. The largest absolute Gasteiger partial charge is 2.00 e. The van der Waals surface area contributed by atoms with Crippen molar-refractivity contribution in [3.8, 4) is 0 Å². The maximum Gasteiger partial charge on any atom is 2.00 e. The molecule has 2 rings (SSSR count). The standard InChI is InChI=1S/C15H14N2O4.Cu/c18-15-9-5-4-8-13(15)10-16(19)14(11-17(20)21)12-6-2-1-3-7-12;/h1-10,14,19H,11H2;/q;+2/b13-10-;. The van der Waals surface area contributed by atoms with Crippen LogP contribution in [0.1, 0.15) is 11.6 Å². The predicted octanol–water partition coefficient (Wildman–Crippen LogP) is 2.27. The van der Waals surface area contributed by atoms with Gasteiger partial charge in [0.1, 0.15) is 6.04 Å². The smallest absolute Gasteiger partial charge is 0.289 e. The minimum atomic E-state index is -0.860. The molecule has 0 spiro atoms. The summed E-state index contributed by atoms with van der Waals surface area (Å²) in [5, 5.41) is 21.6. The van der Waals surface area contributed by atoms with Gasteiger partial charge in [0, 0.05) is 16.7 Å². The quantitative estimate of drug-likeness (QED) is 0.381. The Morgan fingerprint density at radius 2 is 1.86 bits per heavy atom. The van der Waals surface area contributed by atoms with Gasteiger partial charge in [-0.05, 0) is 17.7 Å². The van der Waals surface area contributed by atoms with Gasteiger partial charge in [-0.3, -0.25) is 20.1 Å². The fourth-order valence-corrected chi connectivity index (χ4v) is 1.98. The van der Waals surface area contributed by atoms with E-state index >= 15 is 0 Å². The van der Waals surface area contributed by atoms with Crippen molar-refractivity contribution in [2.24, 2.45) is 0 Å². The van der Waals surface area contributed by atoms with Crippen molar-refractivity contribution in [2.45, 2.75) is 6.04 Å². The molecular weight excluding hydrogens is 336 g/mol. The third-order valence-electron chi connectivity index (χ3n) is 3.02. The van der Waals surface area contributed by atoms with E-state index in [0.29, 0.717) is 5.56 Å². The van der Waals surface area contributed by atoms with Crippen molar-refractivity contribution in [1.82, 2.24) is 5.06 Å². The first-order chi connectivity index (χ1) is 10.1. The van der Waals surface area contributed by atoms with Crippen LogP contribution in [0.3, 0.4) is 0 Å².